The maximum absolute atomic E-state index is 12.2. The van der Waals surface area contributed by atoms with Crippen LogP contribution in [0.4, 0.5) is 5.69 Å². The molecule has 0 bridgehead atoms. The summed E-state index contributed by atoms with van der Waals surface area (Å²) in [5.41, 5.74) is 7.88. The Morgan fingerprint density at radius 1 is 1.33 bits per heavy atom. The number of carbonyl (C=O) groups is 1. The van der Waals surface area contributed by atoms with Gasteiger partial charge in [0.1, 0.15) is 0 Å². The Labute approximate surface area is 128 Å². The van der Waals surface area contributed by atoms with Gasteiger partial charge >= 0.3 is 0 Å². The van der Waals surface area contributed by atoms with Crippen molar-refractivity contribution in [2.45, 2.75) is 40.2 Å². The smallest absolute Gasteiger partial charge is 0.239 e. The van der Waals surface area contributed by atoms with E-state index in [0.717, 1.165) is 18.7 Å². The van der Waals surface area contributed by atoms with Crippen molar-refractivity contribution in [1.82, 2.24) is 5.32 Å². The number of aryl methyl sites for hydroxylation is 1. The normalized spacial score (nSPS) is 12.3. The average Bonchev–Trinajstić information content (AvgIpc) is 2.43. The summed E-state index contributed by atoms with van der Waals surface area (Å²) in [5, 5.41) is 3.06. The summed E-state index contributed by atoms with van der Waals surface area (Å²) in [6, 6.07) is 8.42. The van der Waals surface area contributed by atoms with Crippen molar-refractivity contribution in [2.24, 2.45) is 11.7 Å². The fourth-order valence-electron chi connectivity index (χ4n) is 2.05. The van der Waals surface area contributed by atoms with Crippen LogP contribution >= 0.6 is 0 Å². The van der Waals surface area contributed by atoms with E-state index in [2.05, 4.69) is 43.1 Å². The zero-order chi connectivity index (χ0) is 15.8. The van der Waals surface area contributed by atoms with Gasteiger partial charge < -0.3 is 16.0 Å². The highest BCUT2D eigenvalue weighted by atomic mass is 16.2. The van der Waals surface area contributed by atoms with Crippen LogP contribution in [0.1, 0.15) is 32.8 Å². The van der Waals surface area contributed by atoms with Crippen LogP contribution < -0.4 is 16.0 Å². The molecule has 4 heteroatoms. The molecule has 1 aromatic rings. The van der Waals surface area contributed by atoms with Crippen LogP contribution in [0.3, 0.4) is 0 Å². The van der Waals surface area contributed by atoms with Crippen molar-refractivity contribution in [1.29, 1.82) is 0 Å². The molecular formula is C17H29N3O. The molecule has 1 amide bonds. The first-order valence-corrected chi connectivity index (χ1v) is 7.75. The summed E-state index contributed by atoms with van der Waals surface area (Å²) >= 11 is 0. The predicted molar refractivity (Wildman–Crippen MR) is 89.5 cm³/mol. The van der Waals surface area contributed by atoms with Crippen LogP contribution in [0.2, 0.25) is 0 Å². The lowest BCUT2D eigenvalue weighted by atomic mass is 10.1. The second-order valence-electron chi connectivity index (χ2n) is 6.00. The molecular weight excluding hydrogens is 262 g/mol. The summed E-state index contributed by atoms with van der Waals surface area (Å²) in [4.78, 5) is 14.3. The molecule has 0 heterocycles. The summed E-state index contributed by atoms with van der Waals surface area (Å²) in [7, 11) is 0. The molecule has 1 atom stereocenters. The van der Waals surface area contributed by atoms with E-state index in [-0.39, 0.29) is 11.9 Å². The fourth-order valence-corrected chi connectivity index (χ4v) is 2.05. The van der Waals surface area contributed by atoms with Gasteiger partial charge in [-0.3, -0.25) is 4.79 Å². The van der Waals surface area contributed by atoms with E-state index in [4.69, 9.17) is 5.73 Å². The van der Waals surface area contributed by atoms with Crippen LogP contribution in [0.15, 0.2) is 24.3 Å². The zero-order valence-corrected chi connectivity index (χ0v) is 13.7. The van der Waals surface area contributed by atoms with Gasteiger partial charge in [0.2, 0.25) is 5.91 Å². The van der Waals surface area contributed by atoms with Crippen molar-refractivity contribution in [3.8, 4) is 0 Å². The summed E-state index contributed by atoms with van der Waals surface area (Å²) < 4.78 is 0. The molecule has 1 aromatic carbocycles. The number of benzene rings is 1. The number of carbonyl (C=O) groups excluding carboxylic acids is 1. The highest BCUT2D eigenvalue weighted by Crippen LogP contribution is 2.16. The third kappa shape index (κ3) is 6.17. The molecule has 0 radical (unpaired) electrons. The number of nitrogens with two attached hydrogens (primary N) is 1. The van der Waals surface area contributed by atoms with E-state index in [1.165, 1.54) is 5.56 Å². The molecule has 0 aromatic heterocycles. The summed E-state index contributed by atoms with van der Waals surface area (Å²) in [5.74, 6) is 0.500. The Bertz CT molecular complexity index is 445. The topological polar surface area (TPSA) is 58.4 Å². The molecule has 0 saturated heterocycles. The molecule has 4 nitrogen and oxygen atoms in total. The molecule has 118 valence electrons. The minimum atomic E-state index is 0.0646. The van der Waals surface area contributed by atoms with Gasteiger partial charge in [-0.2, -0.15) is 0 Å². The minimum Gasteiger partial charge on any atom is -0.362 e. The minimum absolute atomic E-state index is 0.0646. The second-order valence-corrected chi connectivity index (χ2v) is 6.00. The van der Waals surface area contributed by atoms with Crippen LogP contribution in [-0.4, -0.2) is 31.6 Å². The maximum atomic E-state index is 12.2. The first kappa shape index (κ1) is 17.5. The van der Waals surface area contributed by atoms with Gasteiger partial charge in [0, 0.05) is 18.3 Å². The first-order valence-electron chi connectivity index (χ1n) is 7.75. The highest BCUT2D eigenvalue weighted by molar-refractivity contribution is 5.81. The van der Waals surface area contributed by atoms with E-state index < -0.39 is 0 Å². The van der Waals surface area contributed by atoms with E-state index >= 15 is 0 Å². The van der Waals surface area contributed by atoms with Crippen LogP contribution in [0.5, 0.6) is 0 Å². The predicted octanol–water partition coefficient (Wildman–Crippen LogP) is 2.31. The van der Waals surface area contributed by atoms with Gasteiger partial charge in [0.15, 0.2) is 0 Å². The Kier molecular flexibility index (Phi) is 7.23. The summed E-state index contributed by atoms with van der Waals surface area (Å²) in [6.45, 7) is 10.1. The molecule has 0 aliphatic rings. The Morgan fingerprint density at radius 2 is 2.05 bits per heavy atom. The van der Waals surface area contributed by atoms with E-state index in [9.17, 15) is 4.79 Å². The van der Waals surface area contributed by atoms with Crippen LogP contribution in [0, 0.1) is 12.8 Å². The van der Waals surface area contributed by atoms with E-state index in [1.54, 1.807) is 0 Å². The number of anilines is 1. The van der Waals surface area contributed by atoms with Gasteiger partial charge in [0.25, 0.3) is 0 Å². The Balaban J connectivity index is 2.72. The fraction of sp³-hybridized carbons (Fsp3) is 0.588. The van der Waals surface area contributed by atoms with Gasteiger partial charge in [0.05, 0.1) is 6.54 Å². The number of nitrogens with zero attached hydrogens (tertiary/aromatic N) is 1. The van der Waals surface area contributed by atoms with Crippen molar-refractivity contribution in [2.75, 3.05) is 24.5 Å². The second kappa shape index (κ2) is 8.67. The van der Waals surface area contributed by atoms with Crippen molar-refractivity contribution in [3.05, 3.63) is 29.8 Å². The van der Waals surface area contributed by atoms with Gasteiger partial charge in [-0.1, -0.05) is 26.0 Å². The summed E-state index contributed by atoms with van der Waals surface area (Å²) in [6.07, 6.45) is 0.876. The van der Waals surface area contributed by atoms with Gasteiger partial charge in [-0.05, 0) is 50.4 Å². The maximum Gasteiger partial charge on any atom is 0.239 e. The SMILES string of the molecule is Cc1cccc(N(CCCN)CC(=O)NC(C)C(C)C)c1. The van der Waals surface area contributed by atoms with Crippen LogP contribution in [0.25, 0.3) is 0 Å². The number of hydrogen-bond acceptors (Lipinski definition) is 3. The molecule has 0 aliphatic carbocycles. The molecule has 1 unspecified atom stereocenters. The average molecular weight is 291 g/mol. The van der Waals surface area contributed by atoms with E-state index in [1.807, 2.05) is 19.1 Å². The number of hydrogen-bond donors (Lipinski definition) is 2. The molecule has 0 saturated carbocycles. The Morgan fingerprint density at radius 3 is 2.62 bits per heavy atom. The lowest BCUT2D eigenvalue weighted by Crippen LogP contribution is -2.43. The first-order chi connectivity index (χ1) is 9.93. The number of amides is 1. The quantitative estimate of drug-likeness (QED) is 0.773. The largest absolute Gasteiger partial charge is 0.362 e. The highest BCUT2D eigenvalue weighted by Gasteiger charge is 2.15. The molecule has 21 heavy (non-hydrogen) atoms. The van der Waals surface area contributed by atoms with Gasteiger partial charge in [-0.15, -0.1) is 0 Å². The third-order valence-electron chi connectivity index (χ3n) is 3.72. The lowest BCUT2D eigenvalue weighted by Gasteiger charge is -2.26. The zero-order valence-electron chi connectivity index (χ0n) is 13.7. The van der Waals surface area contributed by atoms with Gasteiger partial charge in [-0.25, -0.2) is 0 Å². The third-order valence-corrected chi connectivity index (χ3v) is 3.72. The van der Waals surface area contributed by atoms with Crippen molar-refractivity contribution < 1.29 is 4.79 Å². The lowest BCUT2D eigenvalue weighted by molar-refractivity contribution is -0.120. The molecule has 0 fully saturated rings. The van der Waals surface area contributed by atoms with Crippen molar-refractivity contribution in [3.63, 3.8) is 0 Å². The van der Waals surface area contributed by atoms with E-state index in [0.29, 0.717) is 19.0 Å². The Hall–Kier alpha value is -1.55. The van der Waals surface area contributed by atoms with Crippen molar-refractivity contribution >= 4 is 11.6 Å². The molecule has 0 spiro atoms. The molecule has 0 aliphatic heterocycles. The number of rotatable bonds is 8. The standard InChI is InChI=1S/C17H29N3O/c1-13(2)15(4)19-17(21)12-20(10-6-9-18)16-8-5-7-14(3)11-16/h5,7-8,11,13,15H,6,9-10,12,18H2,1-4H3,(H,19,21). The van der Waals surface area contributed by atoms with Crippen LogP contribution in [-0.2, 0) is 4.79 Å². The molecule has 3 N–H and O–H groups in total. The molecule has 1 rings (SSSR count). The monoisotopic (exact) mass is 291 g/mol. The number of nitrogens with one attached hydrogen (secondary N) is 1.